The number of pyridine rings is 1. The summed E-state index contributed by atoms with van der Waals surface area (Å²) in [5.41, 5.74) is 4.32. The van der Waals surface area contributed by atoms with Crippen molar-refractivity contribution in [1.29, 1.82) is 0 Å². The number of benzene rings is 3. The van der Waals surface area contributed by atoms with Crippen LogP contribution in [0.25, 0.3) is 10.9 Å². The van der Waals surface area contributed by atoms with Crippen molar-refractivity contribution in [1.82, 2.24) is 9.88 Å². The molecule has 0 bridgehead atoms. The predicted octanol–water partition coefficient (Wildman–Crippen LogP) is 4.96. The van der Waals surface area contributed by atoms with E-state index in [-0.39, 0.29) is 12.4 Å². The van der Waals surface area contributed by atoms with Gasteiger partial charge in [-0.15, -0.1) is 0 Å². The Hall–Kier alpha value is -3.84. The highest BCUT2D eigenvalue weighted by molar-refractivity contribution is 7.80. The van der Waals surface area contributed by atoms with Gasteiger partial charge in [-0.05, 0) is 66.0 Å². The van der Waals surface area contributed by atoms with Crippen LogP contribution in [0.5, 0.6) is 11.5 Å². The van der Waals surface area contributed by atoms with Crippen LogP contribution in [0.1, 0.15) is 16.7 Å². The fourth-order valence-corrected chi connectivity index (χ4v) is 4.18. The van der Waals surface area contributed by atoms with Crippen molar-refractivity contribution in [3.63, 3.8) is 0 Å². The van der Waals surface area contributed by atoms with E-state index < -0.39 is 0 Å². The lowest BCUT2D eigenvalue weighted by Gasteiger charge is -2.26. The van der Waals surface area contributed by atoms with Crippen LogP contribution in [0.2, 0.25) is 0 Å². The van der Waals surface area contributed by atoms with Gasteiger partial charge in [0.1, 0.15) is 0 Å². The van der Waals surface area contributed by atoms with Crippen LogP contribution in [0.15, 0.2) is 77.6 Å². The average Bonchev–Trinajstić information content (AvgIpc) is 3.28. The lowest BCUT2D eigenvalue weighted by Crippen LogP contribution is -2.35. The van der Waals surface area contributed by atoms with Crippen LogP contribution in [-0.4, -0.2) is 21.8 Å². The Morgan fingerprint density at radius 3 is 2.67 bits per heavy atom. The van der Waals surface area contributed by atoms with E-state index in [1.165, 1.54) is 0 Å². The summed E-state index contributed by atoms with van der Waals surface area (Å²) in [5, 5.41) is 4.81. The lowest BCUT2D eigenvalue weighted by atomic mass is 10.1. The Morgan fingerprint density at radius 2 is 1.82 bits per heavy atom. The van der Waals surface area contributed by atoms with Gasteiger partial charge in [-0.3, -0.25) is 4.79 Å². The number of aromatic nitrogens is 1. The zero-order valence-corrected chi connectivity index (χ0v) is 18.9. The molecule has 0 amide bonds. The van der Waals surface area contributed by atoms with E-state index in [2.05, 4.69) is 10.3 Å². The molecule has 0 fully saturated rings. The number of aryl methyl sites for hydroxylation is 1. The van der Waals surface area contributed by atoms with E-state index in [4.69, 9.17) is 21.7 Å². The summed E-state index contributed by atoms with van der Waals surface area (Å²) in [5.74, 6) is 1.45. The maximum atomic E-state index is 12.9. The highest BCUT2D eigenvalue weighted by Gasteiger charge is 2.18. The van der Waals surface area contributed by atoms with Crippen molar-refractivity contribution in [2.24, 2.45) is 0 Å². The van der Waals surface area contributed by atoms with Gasteiger partial charge in [0.25, 0.3) is 5.56 Å². The number of thiocarbonyl (C=S) groups is 1. The minimum Gasteiger partial charge on any atom is -0.454 e. The largest absolute Gasteiger partial charge is 0.454 e. The van der Waals surface area contributed by atoms with Crippen LogP contribution in [0.3, 0.4) is 0 Å². The number of anilines is 1. The highest BCUT2D eigenvalue weighted by Crippen LogP contribution is 2.33. The summed E-state index contributed by atoms with van der Waals surface area (Å²) >= 11 is 5.76. The molecule has 0 radical (unpaired) electrons. The molecule has 1 aliphatic heterocycles. The number of nitrogens with zero attached hydrogens (tertiary/aromatic N) is 1. The number of hydrogen-bond donors (Lipinski definition) is 2. The Balaban J connectivity index is 1.46. The minimum atomic E-state index is -0.116. The Bertz CT molecular complexity index is 1380. The van der Waals surface area contributed by atoms with Gasteiger partial charge in [-0.25, -0.2) is 0 Å². The molecule has 0 saturated carbocycles. The number of rotatable bonds is 5. The Labute approximate surface area is 196 Å². The molecule has 0 saturated heterocycles. The smallest absolute Gasteiger partial charge is 0.253 e. The number of ether oxygens (including phenoxy) is 2. The quantitative estimate of drug-likeness (QED) is 0.413. The molecule has 2 N–H and O–H groups in total. The maximum absolute atomic E-state index is 12.9. The van der Waals surface area contributed by atoms with Crippen molar-refractivity contribution >= 4 is 33.9 Å². The molecule has 1 aromatic heterocycles. The third-order valence-electron chi connectivity index (χ3n) is 5.65. The molecule has 2 heterocycles. The molecule has 0 atom stereocenters. The molecule has 0 aliphatic carbocycles. The third kappa shape index (κ3) is 4.54. The van der Waals surface area contributed by atoms with Gasteiger partial charge in [-0.1, -0.05) is 42.5 Å². The van der Waals surface area contributed by atoms with E-state index in [9.17, 15) is 4.79 Å². The Morgan fingerprint density at radius 1 is 1.00 bits per heavy atom. The molecule has 3 aromatic carbocycles. The molecular formula is C26H23N3O3S. The topological polar surface area (TPSA) is 66.6 Å². The molecule has 0 unspecified atom stereocenters. The normalized spacial score (nSPS) is 12.0. The standard InChI is InChI=1S/C26H23N3O3S/c1-17-6-5-7-19-13-20(25(30)28-24(17)19)15-29(26(33)27-21-8-3-2-4-9-21)14-18-10-11-22-23(12-18)32-16-31-22/h2-13H,14-16H2,1H3,(H,27,33)(H,28,30). The summed E-state index contributed by atoms with van der Waals surface area (Å²) in [6.45, 7) is 3.07. The summed E-state index contributed by atoms with van der Waals surface area (Å²) < 4.78 is 11.0. The number of fused-ring (bicyclic) bond motifs is 2. The van der Waals surface area contributed by atoms with Gasteiger partial charge < -0.3 is 24.7 Å². The zero-order chi connectivity index (χ0) is 22.8. The van der Waals surface area contributed by atoms with Crippen molar-refractivity contribution in [2.75, 3.05) is 12.1 Å². The second-order valence-electron chi connectivity index (χ2n) is 8.00. The third-order valence-corrected chi connectivity index (χ3v) is 6.01. The second kappa shape index (κ2) is 8.96. The van der Waals surface area contributed by atoms with E-state index in [0.717, 1.165) is 33.5 Å². The van der Waals surface area contributed by atoms with Gasteiger partial charge in [-0.2, -0.15) is 0 Å². The molecule has 7 heteroatoms. The first-order valence-electron chi connectivity index (χ1n) is 10.7. The summed E-state index contributed by atoms with van der Waals surface area (Å²) in [6.07, 6.45) is 0. The molecule has 4 aromatic rings. The van der Waals surface area contributed by atoms with Crippen LogP contribution in [0, 0.1) is 6.92 Å². The summed E-state index contributed by atoms with van der Waals surface area (Å²) in [6, 6.07) is 23.5. The van der Waals surface area contributed by atoms with E-state index >= 15 is 0 Å². The number of para-hydroxylation sites is 2. The van der Waals surface area contributed by atoms with Gasteiger partial charge in [0.15, 0.2) is 16.6 Å². The fraction of sp³-hybridized carbons (Fsp3) is 0.154. The van der Waals surface area contributed by atoms with Crippen LogP contribution < -0.4 is 20.3 Å². The van der Waals surface area contributed by atoms with Crippen molar-refractivity contribution < 1.29 is 9.47 Å². The average molecular weight is 458 g/mol. The molecule has 6 nitrogen and oxygen atoms in total. The number of aromatic amines is 1. The first-order chi connectivity index (χ1) is 16.1. The first-order valence-corrected chi connectivity index (χ1v) is 11.1. The molecular weight excluding hydrogens is 434 g/mol. The van der Waals surface area contributed by atoms with E-state index in [1.54, 1.807) is 0 Å². The molecule has 5 rings (SSSR count). The predicted molar refractivity (Wildman–Crippen MR) is 134 cm³/mol. The molecule has 1 aliphatic rings. The van der Waals surface area contributed by atoms with E-state index in [1.807, 2.05) is 84.6 Å². The van der Waals surface area contributed by atoms with Gasteiger partial charge in [0.05, 0.1) is 12.1 Å². The van der Waals surface area contributed by atoms with E-state index in [0.29, 0.717) is 29.5 Å². The summed E-state index contributed by atoms with van der Waals surface area (Å²) in [4.78, 5) is 17.9. The summed E-state index contributed by atoms with van der Waals surface area (Å²) in [7, 11) is 0. The lowest BCUT2D eigenvalue weighted by molar-refractivity contribution is 0.174. The van der Waals surface area contributed by atoms with Crippen LogP contribution >= 0.6 is 12.2 Å². The van der Waals surface area contributed by atoms with Crippen molar-refractivity contribution in [3.8, 4) is 11.5 Å². The van der Waals surface area contributed by atoms with Gasteiger partial charge in [0.2, 0.25) is 6.79 Å². The molecule has 33 heavy (non-hydrogen) atoms. The number of hydrogen-bond acceptors (Lipinski definition) is 4. The minimum absolute atomic E-state index is 0.116. The van der Waals surface area contributed by atoms with Gasteiger partial charge >= 0.3 is 0 Å². The first kappa shape index (κ1) is 21.0. The van der Waals surface area contributed by atoms with Gasteiger partial charge in [0, 0.05) is 17.8 Å². The number of H-pyrrole nitrogens is 1. The SMILES string of the molecule is Cc1cccc2cc(CN(Cc3ccc4c(c3)OCO4)C(=S)Nc3ccccc3)c(=O)[nH]c12. The number of nitrogens with one attached hydrogen (secondary N) is 2. The van der Waals surface area contributed by atoms with Crippen molar-refractivity contribution in [3.05, 3.63) is 99.8 Å². The van der Waals surface area contributed by atoms with Crippen LogP contribution in [-0.2, 0) is 13.1 Å². The molecule has 0 spiro atoms. The molecule has 166 valence electrons. The van der Waals surface area contributed by atoms with Crippen LogP contribution in [0.4, 0.5) is 5.69 Å². The fourth-order valence-electron chi connectivity index (χ4n) is 3.93. The zero-order valence-electron chi connectivity index (χ0n) is 18.1. The maximum Gasteiger partial charge on any atom is 0.253 e. The van der Waals surface area contributed by atoms with Crippen molar-refractivity contribution in [2.45, 2.75) is 20.0 Å². The highest BCUT2D eigenvalue weighted by atomic mass is 32.1. The monoisotopic (exact) mass is 457 g/mol. The second-order valence-corrected chi connectivity index (χ2v) is 8.39. The Kier molecular flexibility index (Phi) is 5.71.